The van der Waals surface area contributed by atoms with Crippen molar-refractivity contribution in [2.75, 3.05) is 0 Å². The number of halogens is 2. The van der Waals surface area contributed by atoms with Gasteiger partial charge in [0.1, 0.15) is 5.82 Å². The number of rotatable bonds is 5. The fraction of sp³-hybridized carbons (Fsp3) is 0.467. The standard InChI is InChI=1S/C15H20BrFN4/c1-4-11-14(16)12(21(3)20-11)8-15(18,5-2)13-7-6-10(17)9-19-13/h6-7,9H,4-5,8,18H2,1-3H3. The van der Waals surface area contributed by atoms with E-state index in [2.05, 4.69) is 32.9 Å². The average molecular weight is 355 g/mol. The maximum atomic E-state index is 13.1. The molecule has 2 aromatic heterocycles. The fourth-order valence-electron chi connectivity index (χ4n) is 2.38. The Morgan fingerprint density at radius 2 is 2.10 bits per heavy atom. The minimum atomic E-state index is -0.644. The summed E-state index contributed by atoms with van der Waals surface area (Å²) in [5.74, 6) is -0.354. The van der Waals surface area contributed by atoms with Crippen molar-refractivity contribution in [3.63, 3.8) is 0 Å². The molecule has 0 bridgehead atoms. The first kappa shape index (κ1) is 16.1. The molecule has 1 atom stereocenters. The Kier molecular flexibility index (Phi) is 4.78. The largest absolute Gasteiger partial charge is 0.320 e. The van der Waals surface area contributed by atoms with Crippen molar-refractivity contribution in [2.45, 2.75) is 38.6 Å². The molecule has 2 aromatic rings. The third-order valence-electron chi connectivity index (χ3n) is 3.85. The van der Waals surface area contributed by atoms with Gasteiger partial charge in [-0.2, -0.15) is 5.10 Å². The number of aromatic nitrogens is 3. The highest BCUT2D eigenvalue weighted by Crippen LogP contribution is 2.30. The lowest BCUT2D eigenvalue weighted by atomic mass is 9.87. The second kappa shape index (κ2) is 6.23. The summed E-state index contributed by atoms with van der Waals surface area (Å²) in [6.45, 7) is 4.07. The van der Waals surface area contributed by atoms with E-state index in [0.29, 0.717) is 18.5 Å². The Morgan fingerprint density at radius 3 is 2.57 bits per heavy atom. The third-order valence-corrected chi connectivity index (χ3v) is 4.77. The molecular weight excluding hydrogens is 335 g/mol. The minimum Gasteiger partial charge on any atom is -0.320 e. The molecule has 21 heavy (non-hydrogen) atoms. The van der Waals surface area contributed by atoms with Gasteiger partial charge in [0.2, 0.25) is 0 Å². The van der Waals surface area contributed by atoms with Crippen molar-refractivity contribution in [2.24, 2.45) is 12.8 Å². The van der Waals surface area contributed by atoms with Crippen molar-refractivity contribution in [3.05, 3.63) is 45.7 Å². The summed E-state index contributed by atoms with van der Waals surface area (Å²) in [6, 6.07) is 3.05. The van der Waals surface area contributed by atoms with Crippen molar-refractivity contribution < 1.29 is 4.39 Å². The van der Waals surface area contributed by atoms with Crippen LogP contribution in [-0.2, 0) is 25.4 Å². The first-order valence-corrected chi connectivity index (χ1v) is 7.81. The van der Waals surface area contributed by atoms with Crippen LogP contribution in [0.3, 0.4) is 0 Å². The van der Waals surface area contributed by atoms with Gasteiger partial charge in [0.15, 0.2) is 0 Å². The normalized spacial score (nSPS) is 14.2. The molecule has 1 unspecified atom stereocenters. The van der Waals surface area contributed by atoms with Gasteiger partial charge in [-0.1, -0.05) is 13.8 Å². The maximum absolute atomic E-state index is 13.1. The quantitative estimate of drug-likeness (QED) is 0.897. The highest BCUT2D eigenvalue weighted by atomic mass is 79.9. The molecule has 0 amide bonds. The van der Waals surface area contributed by atoms with Gasteiger partial charge >= 0.3 is 0 Å². The summed E-state index contributed by atoms with van der Waals surface area (Å²) < 4.78 is 15.9. The van der Waals surface area contributed by atoms with Gasteiger partial charge in [-0.15, -0.1) is 0 Å². The zero-order valence-electron chi connectivity index (χ0n) is 12.5. The van der Waals surface area contributed by atoms with E-state index >= 15 is 0 Å². The number of nitrogens with two attached hydrogens (primary N) is 1. The lowest BCUT2D eigenvalue weighted by Crippen LogP contribution is -2.40. The molecule has 2 rings (SSSR count). The van der Waals surface area contributed by atoms with E-state index in [4.69, 9.17) is 5.73 Å². The average Bonchev–Trinajstić information content (AvgIpc) is 2.75. The van der Waals surface area contributed by atoms with E-state index in [0.717, 1.165) is 22.3 Å². The summed E-state index contributed by atoms with van der Waals surface area (Å²) in [5, 5.41) is 4.49. The third kappa shape index (κ3) is 3.16. The van der Waals surface area contributed by atoms with Gasteiger partial charge in [-0.3, -0.25) is 9.67 Å². The predicted octanol–water partition coefficient (Wildman–Crippen LogP) is 3.09. The van der Waals surface area contributed by atoms with E-state index in [1.54, 1.807) is 6.07 Å². The summed E-state index contributed by atoms with van der Waals surface area (Å²) in [5.41, 5.74) is 8.63. The summed E-state index contributed by atoms with van der Waals surface area (Å²) >= 11 is 3.61. The molecule has 0 aliphatic rings. The number of hydrogen-bond donors (Lipinski definition) is 1. The van der Waals surface area contributed by atoms with Crippen LogP contribution in [-0.4, -0.2) is 14.8 Å². The molecular formula is C15H20BrFN4. The highest BCUT2D eigenvalue weighted by molar-refractivity contribution is 9.10. The van der Waals surface area contributed by atoms with Crippen LogP contribution in [0.1, 0.15) is 37.4 Å². The van der Waals surface area contributed by atoms with Gasteiger partial charge in [-0.25, -0.2) is 4.39 Å². The van der Waals surface area contributed by atoms with Gasteiger partial charge in [0, 0.05) is 13.5 Å². The molecule has 4 nitrogen and oxygen atoms in total. The van der Waals surface area contributed by atoms with Crippen LogP contribution < -0.4 is 5.73 Å². The second-order valence-electron chi connectivity index (χ2n) is 5.23. The number of aryl methyl sites for hydroxylation is 2. The molecule has 2 N–H and O–H groups in total. The fourth-order valence-corrected chi connectivity index (χ4v) is 3.13. The van der Waals surface area contributed by atoms with Crippen LogP contribution in [0, 0.1) is 5.82 Å². The van der Waals surface area contributed by atoms with Gasteiger partial charge < -0.3 is 5.73 Å². The number of pyridine rings is 1. The van der Waals surface area contributed by atoms with Gasteiger partial charge in [0.25, 0.3) is 0 Å². The van der Waals surface area contributed by atoms with Crippen molar-refractivity contribution >= 4 is 15.9 Å². The van der Waals surface area contributed by atoms with Crippen LogP contribution >= 0.6 is 15.9 Å². The molecule has 0 fully saturated rings. The molecule has 0 aromatic carbocycles. The molecule has 0 spiro atoms. The SMILES string of the molecule is CCc1nn(C)c(CC(N)(CC)c2ccc(F)cn2)c1Br. The molecule has 6 heteroatoms. The predicted molar refractivity (Wildman–Crippen MR) is 84.3 cm³/mol. The molecule has 0 saturated carbocycles. The Labute approximate surface area is 132 Å². The molecule has 114 valence electrons. The van der Waals surface area contributed by atoms with Crippen LogP contribution in [0.4, 0.5) is 4.39 Å². The molecule has 0 radical (unpaired) electrons. The van der Waals surface area contributed by atoms with Crippen LogP contribution in [0.5, 0.6) is 0 Å². The monoisotopic (exact) mass is 354 g/mol. The Bertz CT molecular complexity index is 623. The van der Waals surface area contributed by atoms with Crippen molar-refractivity contribution in [1.29, 1.82) is 0 Å². The Morgan fingerprint density at radius 1 is 1.38 bits per heavy atom. The zero-order chi connectivity index (χ0) is 15.6. The summed E-state index contributed by atoms with van der Waals surface area (Å²) in [6.07, 6.45) is 3.35. The topological polar surface area (TPSA) is 56.7 Å². The second-order valence-corrected chi connectivity index (χ2v) is 6.03. The minimum absolute atomic E-state index is 0.354. The Hall–Kier alpha value is -1.27. The van der Waals surface area contributed by atoms with E-state index in [-0.39, 0.29) is 5.82 Å². The van der Waals surface area contributed by atoms with Crippen molar-refractivity contribution in [3.8, 4) is 0 Å². The smallest absolute Gasteiger partial charge is 0.141 e. The maximum Gasteiger partial charge on any atom is 0.141 e. The first-order valence-electron chi connectivity index (χ1n) is 7.02. The molecule has 0 saturated heterocycles. The number of hydrogen-bond acceptors (Lipinski definition) is 3. The van der Waals surface area contributed by atoms with Gasteiger partial charge in [0.05, 0.1) is 33.3 Å². The van der Waals surface area contributed by atoms with E-state index in [9.17, 15) is 4.39 Å². The van der Waals surface area contributed by atoms with Gasteiger partial charge in [-0.05, 0) is 40.9 Å². The molecule has 0 aliphatic heterocycles. The van der Waals surface area contributed by atoms with E-state index in [1.807, 2.05) is 18.7 Å². The van der Waals surface area contributed by atoms with E-state index in [1.165, 1.54) is 12.3 Å². The van der Waals surface area contributed by atoms with Crippen LogP contribution in [0.15, 0.2) is 22.8 Å². The highest BCUT2D eigenvalue weighted by Gasteiger charge is 2.30. The number of nitrogens with zero attached hydrogens (tertiary/aromatic N) is 3. The van der Waals surface area contributed by atoms with Crippen molar-refractivity contribution in [1.82, 2.24) is 14.8 Å². The Balaban J connectivity index is 2.38. The van der Waals surface area contributed by atoms with Crippen LogP contribution in [0.25, 0.3) is 0 Å². The summed E-state index contributed by atoms with van der Waals surface area (Å²) in [4.78, 5) is 4.16. The zero-order valence-corrected chi connectivity index (χ0v) is 14.1. The molecule has 0 aliphatic carbocycles. The first-order chi connectivity index (χ1) is 9.91. The summed E-state index contributed by atoms with van der Waals surface area (Å²) in [7, 11) is 1.91. The van der Waals surface area contributed by atoms with E-state index < -0.39 is 5.54 Å². The van der Waals surface area contributed by atoms with Crippen LogP contribution in [0.2, 0.25) is 0 Å². The lowest BCUT2D eigenvalue weighted by molar-refractivity contribution is 0.398. The lowest BCUT2D eigenvalue weighted by Gasteiger charge is -2.27. The molecule has 2 heterocycles.